The maximum Gasteiger partial charge on any atom is 0.154 e. The predicted octanol–water partition coefficient (Wildman–Crippen LogP) is 1.45. The van der Waals surface area contributed by atoms with Gasteiger partial charge in [-0.25, -0.2) is 11.0 Å². The van der Waals surface area contributed by atoms with Crippen molar-refractivity contribution in [3.8, 4) is 0 Å². The van der Waals surface area contributed by atoms with Crippen molar-refractivity contribution < 1.29 is 5.11 Å². The molecule has 0 aromatic heterocycles. The van der Waals surface area contributed by atoms with Crippen molar-refractivity contribution in [3.05, 3.63) is 23.8 Å². The van der Waals surface area contributed by atoms with E-state index in [1.165, 1.54) is 44.1 Å². The Hall–Kier alpha value is -1.48. The molecule has 1 aromatic carbocycles. The summed E-state index contributed by atoms with van der Waals surface area (Å²) < 4.78 is 3.06. The van der Waals surface area contributed by atoms with E-state index in [2.05, 4.69) is 21.2 Å². The van der Waals surface area contributed by atoms with Crippen molar-refractivity contribution in [2.24, 2.45) is 16.7 Å². The quantitative estimate of drug-likeness (QED) is 0.158. The van der Waals surface area contributed by atoms with Gasteiger partial charge in [-0.2, -0.15) is 0 Å². The largest absolute Gasteiger partial charge is 0.394 e. The van der Waals surface area contributed by atoms with Crippen LogP contribution in [0.15, 0.2) is 28.2 Å². The molecule has 1 aliphatic rings. The molecule has 0 aliphatic heterocycles. The number of anilines is 1. The predicted molar refractivity (Wildman–Crippen MR) is 101 cm³/mol. The topological polar surface area (TPSA) is 112 Å². The Morgan fingerprint density at radius 3 is 2.79 bits per heavy atom. The zero-order chi connectivity index (χ0) is 17.4. The van der Waals surface area contributed by atoms with Crippen molar-refractivity contribution in [1.82, 2.24) is 9.84 Å². The lowest BCUT2D eigenvalue weighted by atomic mass is 9.95. The fourth-order valence-corrected chi connectivity index (χ4v) is 3.40. The molecule has 0 heterocycles. The first-order valence-electron chi connectivity index (χ1n) is 8.35. The van der Waals surface area contributed by atoms with Crippen molar-refractivity contribution >= 4 is 23.5 Å². The summed E-state index contributed by atoms with van der Waals surface area (Å²) in [7, 11) is 1.87. The molecule has 0 unspecified atom stereocenters. The number of hydrazone groups is 1. The van der Waals surface area contributed by atoms with E-state index >= 15 is 0 Å². The Bertz CT molecular complexity index is 547. The van der Waals surface area contributed by atoms with Crippen LogP contribution in [-0.4, -0.2) is 42.3 Å². The third kappa shape index (κ3) is 5.55. The summed E-state index contributed by atoms with van der Waals surface area (Å²) in [6.45, 7) is 0.160. The van der Waals surface area contributed by atoms with Gasteiger partial charge >= 0.3 is 0 Å². The average molecular weight is 353 g/mol. The molecule has 0 spiro atoms. The third-order valence-corrected chi connectivity index (χ3v) is 4.71. The molecular formula is C16H28N6OS. The number of amidine groups is 1. The van der Waals surface area contributed by atoms with E-state index in [0.29, 0.717) is 11.9 Å². The molecule has 1 aliphatic carbocycles. The second-order valence-electron chi connectivity index (χ2n) is 5.86. The molecule has 0 atom stereocenters. The lowest BCUT2D eigenvalue weighted by molar-refractivity contribution is 0.204. The van der Waals surface area contributed by atoms with E-state index in [1.54, 1.807) is 0 Å². The monoisotopic (exact) mass is 352 g/mol. The molecule has 1 fully saturated rings. The lowest BCUT2D eigenvalue weighted by Gasteiger charge is -2.25. The van der Waals surface area contributed by atoms with Gasteiger partial charge in [0.05, 0.1) is 13.2 Å². The van der Waals surface area contributed by atoms with Gasteiger partial charge in [0, 0.05) is 22.2 Å². The van der Waals surface area contributed by atoms with Crippen LogP contribution in [-0.2, 0) is 0 Å². The SMILES string of the molecule is CNSc1ccc(NC2CCCCC2)c(/C(N)=N/N(N)CCO)c1. The number of aliphatic hydroxyl groups is 1. The maximum absolute atomic E-state index is 8.95. The van der Waals surface area contributed by atoms with E-state index < -0.39 is 0 Å². The number of rotatable bonds is 8. The van der Waals surface area contributed by atoms with Crippen LogP contribution in [0.5, 0.6) is 0 Å². The fraction of sp³-hybridized carbons (Fsp3) is 0.562. The first-order valence-corrected chi connectivity index (χ1v) is 9.17. The highest BCUT2D eigenvalue weighted by molar-refractivity contribution is 7.97. The first-order chi connectivity index (χ1) is 11.6. The van der Waals surface area contributed by atoms with E-state index in [1.807, 2.05) is 19.2 Å². The second-order valence-corrected chi connectivity index (χ2v) is 6.95. The number of nitrogens with two attached hydrogens (primary N) is 2. The molecule has 1 saturated carbocycles. The normalized spacial score (nSPS) is 16.2. The second kappa shape index (κ2) is 9.73. The number of nitrogens with one attached hydrogen (secondary N) is 2. The molecule has 24 heavy (non-hydrogen) atoms. The highest BCUT2D eigenvalue weighted by Crippen LogP contribution is 2.27. The minimum atomic E-state index is -0.0733. The summed E-state index contributed by atoms with van der Waals surface area (Å²) in [5, 5.41) is 17.9. The number of benzene rings is 1. The summed E-state index contributed by atoms with van der Waals surface area (Å²) in [5.41, 5.74) is 7.98. The Morgan fingerprint density at radius 2 is 2.12 bits per heavy atom. The molecule has 0 amide bonds. The highest BCUT2D eigenvalue weighted by Gasteiger charge is 2.16. The molecule has 0 radical (unpaired) electrons. The molecule has 8 heteroatoms. The Labute approximate surface area is 148 Å². The minimum absolute atomic E-state index is 0.0733. The van der Waals surface area contributed by atoms with Gasteiger partial charge in [-0.15, -0.1) is 5.10 Å². The standard InChI is InChI=1S/C16H28N6OS/c1-19-24-13-7-8-15(20-12-5-3-2-4-6-12)14(11-13)16(17)21-22(18)9-10-23/h7-8,11-12,19-20,23H,2-6,9-10,18H2,1H3,(H2,17,21). The average Bonchev–Trinajstić information content (AvgIpc) is 2.57. The Kier molecular flexibility index (Phi) is 7.64. The molecular weight excluding hydrogens is 324 g/mol. The first kappa shape index (κ1) is 18.9. The number of nitrogens with zero attached hydrogens (tertiary/aromatic N) is 2. The lowest BCUT2D eigenvalue weighted by Crippen LogP contribution is -2.32. The van der Waals surface area contributed by atoms with Crippen LogP contribution in [0.4, 0.5) is 5.69 Å². The number of hydrogen-bond donors (Lipinski definition) is 5. The minimum Gasteiger partial charge on any atom is -0.394 e. The highest BCUT2D eigenvalue weighted by atomic mass is 32.2. The zero-order valence-electron chi connectivity index (χ0n) is 14.2. The van der Waals surface area contributed by atoms with Gasteiger partial charge in [0.1, 0.15) is 0 Å². The molecule has 7 nitrogen and oxygen atoms in total. The molecule has 0 bridgehead atoms. The van der Waals surface area contributed by atoms with Gasteiger partial charge in [0.25, 0.3) is 0 Å². The van der Waals surface area contributed by atoms with Crippen LogP contribution in [0, 0.1) is 0 Å². The number of hydrogen-bond acceptors (Lipinski definition) is 7. The summed E-state index contributed by atoms with van der Waals surface area (Å²) in [6.07, 6.45) is 6.19. The van der Waals surface area contributed by atoms with Crippen molar-refractivity contribution in [2.75, 3.05) is 25.5 Å². The van der Waals surface area contributed by atoms with E-state index in [9.17, 15) is 0 Å². The molecule has 2 rings (SSSR count). The van der Waals surface area contributed by atoms with Gasteiger partial charge < -0.3 is 16.2 Å². The van der Waals surface area contributed by atoms with Crippen molar-refractivity contribution in [2.45, 2.75) is 43.0 Å². The summed E-state index contributed by atoms with van der Waals surface area (Å²) in [6, 6.07) is 6.56. The van der Waals surface area contributed by atoms with E-state index in [4.69, 9.17) is 16.7 Å². The number of aliphatic hydroxyl groups excluding tert-OH is 1. The van der Waals surface area contributed by atoms with E-state index in [-0.39, 0.29) is 13.2 Å². The maximum atomic E-state index is 8.95. The molecule has 1 aromatic rings. The fourth-order valence-electron chi connectivity index (χ4n) is 2.85. The smallest absolute Gasteiger partial charge is 0.154 e. The van der Waals surface area contributed by atoms with Gasteiger partial charge in [0.2, 0.25) is 0 Å². The molecule has 134 valence electrons. The Morgan fingerprint density at radius 1 is 1.38 bits per heavy atom. The number of hydrazine groups is 1. The van der Waals surface area contributed by atoms with Crippen molar-refractivity contribution in [3.63, 3.8) is 0 Å². The van der Waals surface area contributed by atoms with Crippen LogP contribution < -0.4 is 21.6 Å². The summed E-state index contributed by atoms with van der Waals surface area (Å²) in [5.74, 6) is 6.06. The van der Waals surface area contributed by atoms with Crippen molar-refractivity contribution in [1.29, 1.82) is 0 Å². The summed E-state index contributed by atoms with van der Waals surface area (Å²) >= 11 is 1.52. The summed E-state index contributed by atoms with van der Waals surface area (Å²) in [4.78, 5) is 1.05. The zero-order valence-corrected chi connectivity index (χ0v) is 15.0. The van der Waals surface area contributed by atoms with Crippen LogP contribution in [0.3, 0.4) is 0 Å². The van der Waals surface area contributed by atoms with Crippen LogP contribution in [0.1, 0.15) is 37.7 Å². The van der Waals surface area contributed by atoms with Gasteiger partial charge in [-0.1, -0.05) is 19.3 Å². The van der Waals surface area contributed by atoms with Crippen LogP contribution in [0.2, 0.25) is 0 Å². The molecule has 0 saturated heterocycles. The molecule has 7 N–H and O–H groups in total. The van der Waals surface area contributed by atoms with Crippen LogP contribution >= 0.6 is 11.9 Å². The van der Waals surface area contributed by atoms with E-state index in [0.717, 1.165) is 21.3 Å². The van der Waals surface area contributed by atoms with Gasteiger partial charge in [-0.3, -0.25) is 4.72 Å². The van der Waals surface area contributed by atoms with Gasteiger partial charge in [-0.05, 0) is 50.0 Å². The van der Waals surface area contributed by atoms with Crippen LogP contribution in [0.25, 0.3) is 0 Å². The Balaban J connectivity index is 2.24. The third-order valence-electron chi connectivity index (χ3n) is 4.02. The van der Waals surface area contributed by atoms with Gasteiger partial charge in [0.15, 0.2) is 5.84 Å².